The third-order valence-electron chi connectivity index (χ3n) is 5.18. The van der Waals surface area contributed by atoms with Crippen molar-refractivity contribution in [2.45, 2.75) is 56.7 Å². The molecular weight excluding hydrogens is 424 g/mol. The zero-order valence-electron chi connectivity index (χ0n) is 16.0. The molecular formula is C21H23ClN4OS2. The maximum atomic E-state index is 6.05. The standard InChI is InChI=1S/C17H18ClN3OS.C4H5NS/c18-12-4-1-3-11(9-12)16-10-14(20-22-16)15-5-2-8-21(15)17(23)19-13-6-7-13;6-3-5-4-1-2-4/h1,3-4,9-10,13,15H,2,5-8H2,(H,19,23);4H,1-2H2. The van der Waals surface area contributed by atoms with Crippen LogP contribution in [-0.4, -0.2) is 39.0 Å². The summed E-state index contributed by atoms with van der Waals surface area (Å²) in [5.74, 6) is 0.746. The molecule has 3 aliphatic rings. The van der Waals surface area contributed by atoms with Crippen LogP contribution < -0.4 is 5.32 Å². The lowest BCUT2D eigenvalue weighted by molar-refractivity contribution is 0.354. The predicted molar refractivity (Wildman–Crippen MR) is 122 cm³/mol. The predicted octanol–water partition coefficient (Wildman–Crippen LogP) is 5.42. The van der Waals surface area contributed by atoms with E-state index in [1.807, 2.05) is 30.3 Å². The van der Waals surface area contributed by atoms with Crippen LogP contribution in [0.2, 0.25) is 5.02 Å². The summed E-state index contributed by atoms with van der Waals surface area (Å²) in [5.41, 5.74) is 1.89. The maximum absolute atomic E-state index is 6.05. The molecule has 0 spiro atoms. The van der Waals surface area contributed by atoms with E-state index in [1.165, 1.54) is 25.7 Å². The van der Waals surface area contributed by atoms with Gasteiger partial charge in [-0.3, -0.25) is 0 Å². The van der Waals surface area contributed by atoms with Crippen molar-refractivity contribution in [1.29, 1.82) is 0 Å². The Morgan fingerprint density at radius 2 is 2.07 bits per heavy atom. The summed E-state index contributed by atoms with van der Waals surface area (Å²) < 4.78 is 5.54. The van der Waals surface area contributed by atoms with E-state index in [0.29, 0.717) is 17.1 Å². The molecule has 5 rings (SSSR count). The summed E-state index contributed by atoms with van der Waals surface area (Å²) >= 11 is 16.0. The van der Waals surface area contributed by atoms with Crippen molar-refractivity contribution < 1.29 is 4.52 Å². The van der Waals surface area contributed by atoms with Gasteiger partial charge < -0.3 is 14.7 Å². The van der Waals surface area contributed by atoms with Gasteiger partial charge in [0.15, 0.2) is 10.9 Å². The van der Waals surface area contributed by atoms with Crippen LogP contribution in [-0.2, 0) is 0 Å². The summed E-state index contributed by atoms with van der Waals surface area (Å²) in [6, 6.07) is 11.0. The molecule has 1 N–H and O–H groups in total. The molecule has 1 saturated heterocycles. The molecule has 2 heterocycles. The molecule has 152 valence electrons. The topological polar surface area (TPSA) is 53.7 Å². The molecule has 1 aromatic heterocycles. The highest BCUT2D eigenvalue weighted by atomic mass is 35.5. The molecule has 0 radical (unpaired) electrons. The summed E-state index contributed by atoms with van der Waals surface area (Å²) in [6.45, 7) is 0.975. The van der Waals surface area contributed by atoms with Gasteiger partial charge in [0, 0.05) is 29.2 Å². The number of halogens is 1. The van der Waals surface area contributed by atoms with Gasteiger partial charge in [0.05, 0.1) is 17.2 Å². The van der Waals surface area contributed by atoms with Crippen molar-refractivity contribution >= 4 is 46.3 Å². The molecule has 1 aliphatic heterocycles. The lowest BCUT2D eigenvalue weighted by Crippen LogP contribution is -2.40. The van der Waals surface area contributed by atoms with E-state index in [-0.39, 0.29) is 6.04 Å². The third-order valence-corrected chi connectivity index (χ3v) is 5.87. The molecule has 1 unspecified atom stereocenters. The Balaban J connectivity index is 0.000000294. The first kappa shape index (κ1) is 20.5. The third kappa shape index (κ3) is 5.64. The van der Waals surface area contributed by atoms with Crippen LogP contribution in [0.1, 0.15) is 50.3 Å². The largest absolute Gasteiger partial charge is 0.360 e. The minimum absolute atomic E-state index is 0.199. The lowest BCUT2D eigenvalue weighted by Gasteiger charge is -2.26. The van der Waals surface area contributed by atoms with Crippen molar-refractivity contribution in [3.8, 4) is 11.3 Å². The van der Waals surface area contributed by atoms with Gasteiger partial charge in [-0.2, -0.15) is 0 Å². The summed E-state index contributed by atoms with van der Waals surface area (Å²) in [5, 5.41) is 11.6. The van der Waals surface area contributed by atoms with Crippen molar-refractivity contribution in [3.63, 3.8) is 0 Å². The van der Waals surface area contributed by atoms with Crippen LogP contribution in [0.25, 0.3) is 11.3 Å². The maximum Gasteiger partial charge on any atom is 0.169 e. The first-order valence-electron chi connectivity index (χ1n) is 10.0. The summed E-state index contributed by atoms with van der Waals surface area (Å²) in [4.78, 5) is 6.04. The van der Waals surface area contributed by atoms with Crippen LogP contribution >= 0.6 is 36.0 Å². The summed E-state index contributed by atoms with van der Waals surface area (Å²) in [6.07, 6.45) is 7.07. The molecule has 0 amide bonds. The Hall–Kier alpha value is -1.79. The fourth-order valence-corrected chi connectivity index (χ4v) is 4.03. The SMILES string of the molecule is S=C(NC1CC1)N1CCCC1c1cc(-c2cccc(Cl)c2)on1.S=C=NC1CC1. The Morgan fingerprint density at radius 3 is 2.72 bits per heavy atom. The molecule has 2 aliphatic carbocycles. The second kappa shape index (κ2) is 9.35. The number of nitrogens with zero attached hydrogens (tertiary/aromatic N) is 3. The fraction of sp³-hybridized carbons (Fsp3) is 0.476. The molecule has 29 heavy (non-hydrogen) atoms. The minimum Gasteiger partial charge on any atom is -0.360 e. The van der Waals surface area contributed by atoms with Crippen LogP contribution in [0.4, 0.5) is 0 Å². The van der Waals surface area contributed by atoms with Gasteiger partial charge in [-0.25, -0.2) is 4.99 Å². The first-order chi connectivity index (χ1) is 14.1. The second-order valence-electron chi connectivity index (χ2n) is 7.65. The smallest absolute Gasteiger partial charge is 0.169 e. The number of nitrogens with one attached hydrogen (secondary N) is 1. The molecule has 0 bridgehead atoms. The molecule has 8 heteroatoms. The molecule has 5 nitrogen and oxygen atoms in total. The monoisotopic (exact) mass is 446 g/mol. The highest BCUT2D eigenvalue weighted by Crippen LogP contribution is 2.34. The van der Waals surface area contributed by atoms with Gasteiger partial charge in [0.25, 0.3) is 0 Å². The number of hydrogen-bond donors (Lipinski definition) is 1. The van der Waals surface area contributed by atoms with Crippen molar-refractivity contribution in [2.24, 2.45) is 4.99 Å². The number of aromatic nitrogens is 1. The fourth-order valence-electron chi connectivity index (χ4n) is 3.30. The minimum atomic E-state index is 0.199. The second-order valence-corrected chi connectivity index (χ2v) is 8.66. The first-order valence-corrected chi connectivity index (χ1v) is 11.2. The lowest BCUT2D eigenvalue weighted by atomic mass is 10.1. The van der Waals surface area contributed by atoms with Crippen LogP contribution in [0.3, 0.4) is 0 Å². The number of isothiocyanates is 1. The van der Waals surface area contributed by atoms with Crippen molar-refractivity contribution in [2.75, 3.05) is 6.54 Å². The number of hydrogen-bond acceptors (Lipinski definition) is 5. The number of likely N-dealkylation sites (tertiary alicyclic amines) is 1. The molecule has 2 saturated carbocycles. The van der Waals surface area contributed by atoms with Crippen LogP contribution in [0, 0.1) is 0 Å². The quantitative estimate of drug-likeness (QED) is 0.499. The Morgan fingerprint density at radius 1 is 1.24 bits per heavy atom. The molecule has 1 aromatic carbocycles. The zero-order valence-corrected chi connectivity index (χ0v) is 18.4. The van der Waals surface area contributed by atoms with E-state index in [2.05, 4.69) is 37.7 Å². The molecule has 1 atom stereocenters. The van der Waals surface area contributed by atoms with E-state index in [9.17, 15) is 0 Å². The molecule has 2 aromatic rings. The van der Waals surface area contributed by atoms with E-state index in [0.717, 1.165) is 41.5 Å². The number of aliphatic imine (C=N–C) groups is 1. The van der Waals surface area contributed by atoms with E-state index < -0.39 is 0 Å². The number of benzene rings is 1. The van der Waals surface area contributed by atoms with Gasteiger partial charge >= 0.3 is 0 Å². The van der Waals surface area contributed by atoms with Gasteiger partial charge in [0.2, 0.25) is 0 Å². The van der Waals surface area contributed by atoms with Crippen molar-refractivity contribution in [1.82, 2.24) is 15.4 Å². The average molecular weight is 447 g/mol. The van der Waals surface area contributed by atoms with Crippen LogP contribution in [0.5, 0.6) is 0 Å². The van der Waals surface area contributed by atoms with Gasteiger partial charge in [-0.1, -0.05) is 28.9 Å². The highest BCUT2D eigenvalue weighted by molar-refractivity contribution is 7.80. The average Bonchev–Trinajstić information content (AvgIpc) is 3.60. The number of thiocarbonyl (C=S) groups is 2. The highest BCUT2D eigenvalue weighted by Gasteiger charge is 2.33. The van der Waals surface area contributed by atoms with Gasteiger partial charge in [-0.05, 0) is 75.1 Å². The Kier molecular flexibility index (Phi) is 6.60. The summed E-state index contributed by atoms with van der Waals surface area (Å²) in [7, 11) is 0. The van der Waals surface area contributed by atoms with E-state index >= 15 is 0 Å². The van der Waals surface area contributed by atoms with Crippen LogP contribution in [0.15, 0.2) is 39.8 Å². The van der Waals surface area contributed by atoms with Crippen molar-refractivity contribution in [3.05, 3.63) is 41.0 Å². The van der Waals surface area contributed by atoms with Gasteiger partial charge in [0.1, 0.15) is 5.69 Å². The van der Waals surface area contributed by atoms with E-state index in [4.69, 9.17) is 28.3 Å². The zero-order chi connectivity index (χ0) is 20.2. The van der Waals surface area contributed by atoms with Gasteiger partial charge in [-0.15, -0.1) is 0 Å². The Bertz CT molecular complexity index is 919. The Labute approximate surface area is 186 Å². The normalized spacial score (nSPS) is 20.4. The number of rotatable bonds is 4. The van der Waals surface area contributed by atoms with E-state index in [1.54, 1.807) is 0 Å². The molecule has 3 fully saturated rings.